The predicted octanol–water partition coefficient (Wildman–Crippen LogP) is 4.05. The zero-order chi connectivity index (χ0) is 14.8. The van der Waals surface area contributed by atoms with Crippen molar-refractivity contribution in [2.45, 2.75) is 19.8 Å². The Balaban J connectivity index is 1.92. The van der Waals surface area contributed by atoms with E-state index in [0.29, 0.717) is 11.7 Å². The van der Waals surface area contributed by atoms with Crippen LogP contribution < -0.4 is 5.32 Å². The lowest BCUT2D eigenvalue weighted by Crippen LogP contribution is -2.00. The quantitative estimate of drug-likeness (QED) is 0.777. The van der Waals surface area contributed by atoms with Gasteiger partial charge in [-0.1, -0.05) is 13.8 Å². The number of rotatable bonds is 3. The SMILES string of the molecule is CC(C)c1cnnc(Nc2ccc3ncc(Br)cc3n2)c1. The summed E-state index contributed by atoms with van der Waals surface area (Å²) in [5.41, 5.74) is 2.81. The smallest absolute Gasteiger partial charge is 0.154 e. The summed E-state index contributed by atoms with van der Waals surface area (Å²) < 4.78 is 0.904. The minimum absolute atomic E-state index is 0.408. The van der Waals surface area contributed by atoms with Crippen LogP contribution in [-0.2, 0) is 0 Å². The van der Waals surface area contributed by atoms with E-state index >= 15 is 0 Å². The third-order valence-electron chi connectivity index (χ3n) is 3.10. The van der Waals surface area contributed by atoms with Crippen molar-refractivity contribution in [1.29, 1.82) is 0 Å². The molecule has 0 aliphatic carbocycles. The first-order valence-corrected chi connectivity index (χ1v) is 7.43. The molecule has 0 fully saturated rings. The number of fused-ring (bicyclic) bond motifs is 1. The van der Waals surface area contributed by atoms with Crippen molar-refractivity contribution >= 4 is 38.6 Å². The van der Waals surface area contributed by atoms with E-state index in [1.807, 2.05) is 24.3 Å². The molecule has 0 aliphatic heterocycles. The maximum Gasteiger partial charge on any atom is 0.154 e. The summed E-state index contributed by atoms with van der Waals surface area (Å²) in [5, 5.41) is 11.3. The summed E-state index contributed by atoms with van der Waals surface area (Å²) in [6, 6.07) is 7.73. The van der Waals surface area contributed by atoms with Crippen molar-refractivity contribution in [3.8, 4) is 0 Å². The largest absolute Gasteiger partial charge is 0.323 e. The molecule has 6 heteroatoms. The number of nitrogens with zero attached hydrogens (tertiary/aromatic N) is 4. The normalized spacial score (nSPS) is 11.0. The van der Waals surface area contributed by atoms with Gasteiger partial charge in [0, 0.05) is 10.7 Å². The minimum Gasteiger partial charge on any atom is -0.323 e. The molecular formula is C15H14BrN5. The summed E-state index contributed by atoms with van der Waals surface area (Å²) in [6.07, 6.45) is 3.54. The van der Waals surface area contributed by atoms with Gasteiger partial charge in [-0.2, -0.15) is 5.10 Å². The van der Waals surface area contributed by atoms with Crippen molar-refractivity contribution in [2.75, 3.05) is 5.32 Å². The Morgan fingerprint density at radius 2 is 1.90 bits per heavy atom. The predicted molar refractivity (Wildman–Crippen MR) is 86.6 cm³/mol. The zero-order valence-electron chi connectivity index (χ0n) is 11.7. The van der Waals surface area contributed by atoms with E-state index in [1.165, 1.54) is 0 Å². The van der Waals surface area contributed by atoms with Gasteiger partial charge in [-0.25, -0.2) is 4.98 Å². The van der Waals surface area contributed by atoms with Gasteiger partial charge in [0.05, 0.1) is 17.2 Å². The second kappa shape index (κ2) is 5.73. The van der Waals surface area contributed by atoms with E-state index in [4.69, 9.17) is 0 Å². The van der Waals surface area contributed by atoms with Crippen molar-refractivity contribution < 1.29 is 0 Å². The summed E-state index contributed by atoms with van der Waals surface area (Å²) in [5.74, 6) is 1.82. The molecule has 0 atom stereocenters. The Morgan fingerprint density at radius 3 is 2.71 bits per heavy atom. The van der Waals surface area contributed by atoms with Crippen LogP contribution >= 0.6 is 15.9 Å². The maximum absolute atomic E-state index is 4.53. The highest BCUT2D eigenvalue weighted by Gasteiger charge is 2.05. The van der Waals surface area contributed by atoms with E-state index in [9.17, 15) is 0 Å². The van der Waals surface area contributed by atoms with Gasteiger partial charge in [0.2, 0.25) is 0 Å². The van der Waals surface area contributed by atoms with Crippen LogP contribution in [0.3, 0.4) is 0 Å². The van der Waals surface area contributed by atoms with Crippen LogP contribution in [0.5, 0.6) is 0 Å². The van der Waals surface area contributed by atoms with E-state index in [2.05, 4.69) is 55.3 Å². The van der Waals surface area contributed by atoms with Crippen LogP contribution in [0.4, 0.5) is 11.6 Å². The molecule has 3 heterocycles. The molecule has 0 aliphatic rings. The highest BCUT2D eigenvalue weighted by atomic mass is 79.9. The van der Waals surface area contributed by atoms with E-state index in [-0.39, 0.29) is 0 Å². The van der Waals surface area contributed by atoms with Crippen LogP contribution in [0.1, 0.15) is 25.3 Å². The first-order chi connectivity index (χ1) is 10.1. The molecule has 0 amide bonds. The van der Waals surface area contributed by atoms with Crippen molar-refractivity contribution in [3.05, 3.63) is 46.7 Å². The van der Waals surface area contributed by atoms with Crippen LogP contribution in [0.25, 0.3) is 11.0 Å². The van der Waals surface area contributed by atoms with E-state index in [0.717, 1.165) is 26.9 Å². The Morgan fingerprint density at radius 1 is 1.05 bits per heavy atom. The molecule has 0 saturated carbocycles. The number of hydrogen-bond acceptors (Lipinski definition) is 5. The maximum atomic E-state index is 4.53. The monoisotopic (exact) mass is 343 g/mol. The molecular weight excluding hydrogens is 330 g/mol. The average molecular weight is 344 g/mol. The fraction of sp³-hybridized carbons (Fsp3) is 0.200. The van der Waals surface area contributed by atoms with Crippen LogP contribution in [0.2, 0.25) is 0 Å². The lowest BCUT2D eigenvalue weighted by atomic mass is 10.1. The summed E-state index contributed by atoms with van der Waals surface area (Å²) in [4.78, 5) is 8.84. The zero-order valence-corrected chi connectivity index (χ0v) is 13.3. The fourth-order valence-corrected chi connectivity index (χ4v) is 2.26. The number of nitrogens with one attached hydrogen (secondary N) is 1. The molecule has 3 aromatic heterocycles. The highest BCUT2D eigenvalue weighted by Crippen LogP contribution is 2.21. The van der Waals surface area contributed by atoms with Crippen molar-refractivity contribution in [2.24, 2.45) is 0 Å². The second-order valence-corrected chi connectivity index (χ2v) is 5.96. The Bertz CT molecular complexity index is 788. The molecule has 1 N–H and O–H groups in total. The molecule has 0 unspecified atom stereocenters. The molecule has 3 rings (SSSR count). The average Bonchev–Trinajstić information content (AvgIpc) is 2.47. The topological polar surface area (TPSA) is 63.6 Å². The Labute approximate surface area is 131 Å². The summed E-state index contributed by atoms with van der Waals surface area (Å²) in [7, 11) is 0. The van der Waals surface area contributed by atoms with Gasteiger partial charge in [-0.15, -0.1) is 5.10 Å². The highest BCUT2D eigenvalue weighted by molar-refractivity contribution is 9.10. The number of anilines is 2. The molecule has 0 aromatic carbocycles. The van der Waals surface area contributed by atoms with Gasteiger partial charge in [0.25, 0.3) is 0 Å². The standard InChI is InChI=1S/C15H14BrN5/c1-9(2)10-5-15(21-18-7-10)20-14-4-3-12-13(19-14)6-11(16)8-17-12/h3-9H,1-2H3,(H,19,20,21). The first-order valence-electron chi connectivity index (χ1n) is 6.64. The van der Waals surface area contributed by atoms with Gasteiger partial charge in [-0.3, -0.25) is 4.98 Å². The lowest BCUT2D eigenvalue weighted by Gasteiger charge is -2.08. The third-order valence-corrected chi connectivity index (χ3v) is 3.54. The molecule has 0 radical (unpaired) electrons. The van der Waals surface area contributed by atoms with Gasteiger partial charge in [0.15, 0.2) is 5.82 Å². The molecule has 0 saturated heterocycles. The number of pyridine rings is 2. The molecule has 21 heavy (non-hydrogen) atoms. The Kier molecular flexibility index (Phi) is 3.79. The summed E-state index contributed by atoms with van der Waals surface area (Å²) in [6.45, 7) is 4.25. The molecule has 3 aromatic rings. The molecule has 0 spiro atoms. The third kappa shape index (κ3) is 3.16. The second-order valence-electron chi connectivity index (χ2n) is 5.04. The van der Waals surface area contributed by atoms with Crippen LogP contribution in [0, 0.1) is 0 Å². The fourth-order valence-electron chi connectivity index (χ4n) is 1.94. The van der Waals surface area contributed by atoms with E-state index in [1.54, 1.807) is 12.4 Å². The Hall–Kier alpha value is -2.08. The van der Waals surface area contributed by atoms with Gasteiger partial charge in [-0.05, 0) is 51.7 Å². The molecule has 106 valence electrons. The number of halogens is 1. The molecule has 5 nitrogen and oxygen atoms in total. The van der Waals surface area contributed by atoms with Gasteiger partial charge < -0.3 is 5.32 Å². The first kappa shape index (κ1) is 13.9. The van der Waals surface area contributed by atoms with Gasteiger partial charge in [0.1, 0.15) is 5.82 Å². The van der Waals surface area contributed by atoms with Crippen LogP contribution in [-0.4, -0.2) is 20.2 Å². The lowest BCUT2D eigenvalue weighted by molar-refractivity contribution is 0.843. The van der Waals surface area contributed by atoms with Crippen LogP contribution in [0.15, 0.2) is 41.1 Å². The number of hydrogen-bond donors (Lipinski definition) is 1. The van der Waals surface area contributed by atoms with Gasteiger partial charge >= 0.3 is 0 Å². The minimum atomic E-state index is 0.408. The van der Waals surface area contributed by atoms with Crippen molar-refractivity contribution in [1.82, 2.24) is 20.2 Å². The molecule has 0 bridgehead atoms. The van der Waals surface area contributed by atoms with Crippen molar-refractivity contribution in [3.63, 3.8) is 0 Å². The summed E-state index contributed by atoms with van der Waals surface area (Å²) >= 11 is 3.40. The number of aromatic nitrogens is 4. The van der Waals surface area contributed by atoms with E-state index < -0.39 is 0 Å².